The van der Waals surface area contributed by atoms with E-state index >= 15 is 0 Å². The van der Waals surface area contributed by atoms with Gasteiger partial charge in [0.05, 0.1) is 0 Å². The monoisotopic (exact) mass is 435 g/mol. The Labute approximate surface area is 186 Å². The quantitative estimate of drug-likeness (QED) is 0.372. The molecular formula is C22H41N7S. The van der Waals surface area contributed by atoms with Gasteiger partial charge in [-0.3, -0.25) is 0 Å². The van der Waals surface area contributed by atoms with Crippen molar-refractivity contribution in [3.63, 3.8) is 0 Å². The van der Waals surface area contributed by atoms with E-state index in [2.05, 4.69) is 38.9 Å². The van der Waals surface area contributed by atoms with Crippen molar-refractivity contribution < 1.29 is 0 Å². The molecule has 3 rings (SSSR count). The van der Waals surface area contributed by atoms with E-state index in [1.165, 1.54) is 57.4 Å². The number of hydrogen-bond donors (Lipinski definition) is 2. The molecule has 0 bridgehead atoms. The zero-order chi connectivity index (χ0) is 21.3. The zero-order valence-corrected chi connectivity index (χ0v) is 20.2. The Bertz CT molecular complexity index is 658. The Kier molecular flexibility index (Phi) is 9.30. The van der Waals surface area contributed by atoms with Crippen LogP contribution >= 0.6 is 11.8 Å². The molecule has 0 aromatic carbocycles. The van der Waals surface area contributed by atoms with Gasteiger partial charge in [0.15, 0.2) is 11.8 Å². The molecule has 2 fully saturated rings. The number of guanidine groups is 1. The molecule has 30 heavy (non-hydrogen) atoms. The van der Waals surface area contributed by atoms with Crippen LogP contribution in [0.1, 0.15) is 63.5 Å². The maximum Gasteiger partial charge on any atom is 0.191 e. The molecule has 1 aliphatic heterocycles. The van der Waals surface area contributed by atoms with Crippen LogP contribution in [-0.2, 0) is 13.6 Å². The predicted molar refractivity (Wildman–Crippen MR) is 127 cm³/mol. The molecule has 0 spiro atoms. The van der Waals surface area contributed by atoms with Gasteiger partial charge in [-0.25, -0.2) is 4.99 Å². The van der Waals surface area contributed by atoms with Gasteiger partial charge in [0.1, 0.15) is 12.4 Å². The van der Waals surface area contributed by atoms with E-state index in [9.17, 15) is 0 Å². The van der Waals surface area contributed by atoms with E-state index in [1.54, 1.807) is 0 Å². The van der Waals surface area contributed by atoms with Crippen molar-refractivity contribution in [3.05, 3.63) is 11.6 Å². The third-order valence-electron chi connectivity index (χ3n) is 6.75. The molecule has 2 heterocycles. The normalized spacial score (nSPS) is 24.2. The second-order valence-corrected chi connectivity index (χ2v) is 10.0. The first-order valence-electron chi connectivity index (χ1n) is 11.7. The van der Waals surface area contributed by atoms with E-state index in [-0.39, 0.29) is 0 Å². The summed E-state index contributed by atoms with van der Waals surface area (Å²) in [5.74, 6) is 4.83. The molecule has 2 N–H and O–H groups in total. The molecule has 0 radical (unpaired) electrons. The molecule has 1 aromatic heterocycles. The molecule has 0 atom stereocenters. The van der Waals surface area contributed by atoms with Gasteiger partial charge in [-0.2, -0.15) is 11.8 Å². The van der Waals surface area contributed by atoms with Crippen LogP contribution in [0.4, 0.5) is 0 Å². The molecule has 8 heteroatoms. The summed E-state index contributed by atoms with van der Waals surface area (Å²) in [5.41, 5.74) is 0. The van der Waals surface area contributed by atoms with Crippen molar-refractivity contribution in [1.29, 1.82) is 0 Å². The van der Waals surface area contributed by atoms with Gasteiger partial charge in [-0.1, -0.05) is 6.92 Å². The van der Waals surface area contributed by atoms with Crippen LogP contribution in [0.25, 0.3) is 0 Å². The minimum atomic E-state index is 0.512. The van der Waals surface area contributed by atoms with Gasteiger partial charge in [0.2, 0.25) is 0 Å². The van der Waals surface area contributed by atoms with Crippen LogP contribution < -0.4 is 10.6 Å². The molecule has 1 aliphatic carbocycles. The Morgan fingerprint density at radius 2 is 1.87 bits per heavy atom. The van der Waals surface area contributed by atoms with Crippen LogP contribution in [0.2, 0.25) is 0 Å². The van der Waals surface area contributed by atoms with Gasteiger partial charge in [-0.15, -0.1) is 10.2 Å². The van der Waals surface area contributed by atoms with Crippen molar-refractivity contribution in [2.24, 2.45) is 18.0 Å². The van der Waals surface area contributed by atoms with Gasteiger partial charge in [0, 0.05) is 25.7 Å². The fraction of sp³-hybridized carbons (Fsp3) is 0.864. The van der Waals surface area contributed by atoms with E-state index in [1.807, 2.05) is 30.3 Å². The van der Waals surface area contributed by atoms with Crippen LogP contribution in [-0.4, -0.2) is 69.4 Å². The minimum absolute atomic E-state index is 0.512. The van der Waals surface area contributed by atoms with E-state index in [0.717, 1.165) is 42.5 Å². The van der Waals surface area contributed by atoms with Crippen molar-refractivity contribution in [1.82, 2.24) is 30.3 Å². The third-order valence-corrected chi connectivity index (χ3v) is 7.45. The highest BCUT2D eigenvalue weighted by Gasteiger charge is 2.28. The van der Waals surface area contributed by atoms with Crippen LogP contribution in [0.5, 0.6) is 0 Å². The van der Waals surface area contributed by atoms with Crippen LogP contribution in [0, 0.1) is 12.8 Å². The number of aryl methyl sites for hydroxylation is 1. The highest BCUT2D eigenvalue weighted by molar-refractivity contribution is 7.98. The van der Waals surface area contributed by atoms with Crippen molar-refractivity contribution >= 4 is 17.7 Å². The van der Waals surface area contributed by atoms with E-state index < -0.39 is 0 Å². The average Bonchev–Trinajstić information content (AvgIpc) is 3.08. The van der Waals surface area contributed by atoms with Gasteiger partial charge < -0.3 is 20.1 Å². The lowest BCUT2D eigenvalue weighted by molar-refractivity contribution is 0.105. The number of nitrogens with one attached hydrogen (secondary N) is 2. The lowest BCUT2D eigenvalue weighted by Gasteiger charge is -2.40. The number of likely N-dealkylation sites (tertiary alicyclic amines) is 1. The zero-order valence-electron chi connectivity index (χ0n) is 19.4. The summed E-state index contributed by atoms with van der Waals surface area (Å²) in [7, 11) is 2.00. The number of piperidine rings is 1. The van der Waals surface area contributed by atoms with Crippen LogP contribution in [0.3, 0.4) is 0 Å². The van der Waals surface area contributed by atoms with Crippen molar-refractivity contribution in [2.45, 2.75) is 77.4 Å². The highest BCUT2D eigenvalue weighted by Crippen LogP contribution is 2.27. The summed E-state index contributed by atoms with van der Waals surface area (Å²) >= 11 is 1.89. The molecule has 2 aliphatic rings. The Hall–Kier alpha value is -1.28. The number of thioether (sulfide) groups is 1. The number of aliphatic imine (C=N–C) groups is 1. The minimum Gasteiger partial charge on any atom is -0.356 e. The molecule has 170 valence electrons. The average molecular weight is 436 g/mol. The standard InChI is InChI=1S/C22H41N7S/c1-17-10-13-29(14-11-17)20-8-6-19(7-9-20)25-22(23-12-5-15-30-4)24-16-21-27-26-18(2)28(21)3/h17,19-20H,5-16H2,1-4H3,(H2,23,24,25). The molecule has 1 saturated heterocycles. The summed E-state index contributed by atoms with van der Waals surface area (Å²) in [5, 5.41) is 15.7. The van der Waals surface area contributed by atoms with E-state index in [0.29, 0.717) is 12.6 Å². The molecular weight excluding hydrogens is 394 g/mol. The van der Waals surface area contributed by atoms with Gasteiger partial charge >= 0.3 is 0 Å². The SMILES string of the molecule is CSCCCNC(=NCc1nnc(C)n1C)NC1CCC(N2CCC(C)CC2)CC1. The Morgan fingerprint density at radius 1 is 1.13 bits per heavy atom. The lowest BCUT2D eigenvalue weighted by atomic mass is 9.88. The topological polar surface area (TPSA) is 70.4 Å². The molecule has 1 aromatic rings. The summed E-state index contributed by atoms with van der Waals surface area (Å²) in [4.78, 5) is 7.58. The summed E-state index contributed by atoms with van der Waals surface area (Å²) in [6, 6.07) is 1.30. The maximum absolute atomic E-state index is 4.83. The second kappa shape index (κ2) is 11.9. The molecule has 1 saturated carbocycles. The Balaban J connectivity index is 1.51. The molecule has 0 unspecified atom stereocenters. The number of hydrogen-bond acceptors (Lipinski definition) is 5. The third kappa shape index (κ3) is 6.87. The first-order chi connectivity index (χ1) is 14.6. The van der Waals surface area contributed by atoms with Gasteiger partial charge in [-0.05, 0) is 82.9 Å². The molecule has 0 amide bonds. The number of nitrogens with zero attached hydrogens (tertiary/aromatic N) is 5. The molecule has 7 nitrogen and oxygen atoms in total. The number of rotatable bonds is 8. The Morgan fingerprint density at radius 3 is 2.50 bits per heavy atom. The smallest absolute Gasteiger partial charge is 0.191 e. The first-order valence-corrected chi connectivity index (χ1v) is 13.1. The first kappa shape index (κ1) is 23.4. The second-order valence-electron chi connectivity index (χ2n) is 9.03. The summed E-state index contributed by atoms with van der Waals surface area (Å²) < 4.78 is 2.01. The summed E-state index contributed by atoms with van der Waals surface area (Å²) in [6.45, 7) is 8.47. The van der Waals surface area contributed by atoms with E-state index in [4.69, 9.17) is 4.99 Å². The summed E-state index contributed by atoms with van der Waals surface area (Å²) in [6.07, 6.45) is 11.1. The largest absolute Gasteiger partial charge is 0.356 e. The highest BCUT2D eigenvalue weighted by atomic mass is 32.2. The van der Waals surface area contributed by atoms with Crippen LogP contribution in [0.15, 0.2) is 4.99 Å². The predicted octanol–water partition coefficient (Wildman–Crippen LogP) is 2.95. The van der Waals surface area contributed by atoms with Crippen molar-refractivity contribution in [3.8, 4) is 0 Å². The maximum atomic E-state index is 4.83. The lowest BCUT2D eigenvalue weighted by Crippen LogP contribution is -2.49. The fourth-order valence-electron chi connectivity index (χ4n) is 4.49. The van der Waals surface area contributed by atoms with Crippen molar-refractivity contribution in [2.75, 3.05) is 31.6 Å². The number of aromatic nitrogens is 3. The van der Waals surface area contributed by atoms with Gasteiger partial charge in [0.25, 0.3) is 0 Å². The fourth-order valence-corrected chi connectivity index (χ4v) is 4.92.